The third kappa shape index (κ3) is 6.09. The number of halogens is 3. The van der Waals surface area contributed by atoms with E-state index in [1.54, 1.807) is 6.92 Å². The van der Waals surface area contributed by atoms with Gasteiger partial charge in [0.25, 0.3) is 5.89 Å². The molecule has 1 saturated heterocycles. The molecule has 0 aliphatic carbocycles. The van der Waals surface area contributed by atoms with E-state index in [2.05, 4.69) is 30.7 Å². The van der Waals surface area contributed by atoms with Crippen LogP contribution in [0, 0.1) is 0 Å². The molecule has 4 aromatic heterocycles. The minimum absolute atomic E-state index is 0.0194. The van der Waals surface area contributed by atoms with Crippen LogP contribution < -0.4 is 16.4 Å². The molecule has 1 aliphatic heterocycles. The number of aromatic nitrogens is 5. The monoisotopic (exact) mass is 590 g/mol. The average molecular weight is 591 g/mol. The van der Waals surface area contributed by atoms with E-state index in [1.165, 1.54) is 35.6 Å². The first-order chi connectivity index (χ1) is 19.6. The maximum atomic E-state index is 13.3. The van der Waals surface area contributed by atoms with Crippen LogP contribution >= 0.6 is 11.3 Å². The Kier molecular flexibility index (Phi) is 7.80. The Morgan fingerprint density at radius 3 is 2.56 bits per heavy atom. The van der Waals surface area contributed by atoms with Crippen molar-refractivity contribution >= 4 is 29.2 Å². The van der Waals surface area contributed by atoms with Crippen molar-refractivity contribution in [1.29, 1.82) is 0 Å². The Morgan fingerprint density at radius 2 is 1.85 bits per heavy atom. The number of rotatable bonds is 5. The molecule has 0 unspecified atom stereocenters. The molecule has 4 aromatic rings. The zero-order chi connectivity index (χ0) is 29.1. The number of amides is 3. The minimum atomic E-state index is -4.65. The molecule has 17 heteroatoms. The lowest BCUT2D eigenvalue weighted by molar-refractivity contribution is -0.140. The lowest BCUT2D eigenvalue weighted by Crippen LogP contribution is -2.45. The Balaban J connectivity index is 1.53. The number of nitrogens with one attached hydrogen (secondary N) is 2. The van der Waals surface area contributed by atoms with Gasteiger partial charge in [-0.05, 0) is 19.1 Å². The molecular formula is C24H21F3N8O5S. The van der Waals surface area contributed by atoms with Gasteiger partial charge in [-0.3, -0.25) is 10.3 Å². The van der Waals surface area contributed by atoms with Gasteiger partial charge in [0.1, 0.15) is 10.8 Å². The molecule has 0 spiro atoms. The van der Waals surface area contributed by atoms with Crippen molar-refractivity contribution in [2.75, 3.05) is 38.2 Å². The van der Waals surface area contributed by atoms with Gasteiger partial charge >= 0.3 is 24.0 Å². The second-order valence-electron chi connectivity index (χ2n) is 8.56. The number of nitrogens with zero attached hydrogens (tertiary/aromatic N) is 6. The number of anilines is 1. The van der Waals surface area contributed by atoms with Crippen molar-refractivity contribution in [2.24, 2.45) is 0 Å². The van der Waals surface area contributed by atoms with Crippen molar-refractivity contribution < 1.29 is 31.9 Å². The summed E-state index contributed by atoms with van der Waals surface area (Å²) >= 11 is 0.765. The summed E-state index contributed by atoms with van der Waals surface area (Å²) in [6.07, 6.45) is -0.529. The summed E-state index contributed by atoms with van der Waals surface area (Å²) in [5, 5.41) is 10.0. The number of morpholine rings is 1. The zero-order valence-electron chi connectivity index (χ0n) is 21.3. The Bertz CT molecular complexity index is 1640. The van der Waals surface area contributed by atoms with E-state index in [9.17, 15) is 27.6 Å². The Labute approximate surface area is 233 Å². The fraction of sp³-hybridized carbons (Fsp3) is 0.292. The van der Waals surface area contributed by atoms with Crippen molar-refractivity contribution in [3.8, 4) is 33.2 Å². The summed E-state index contributed by atoms with van der Waals surface area (Å²) in [7, 11) is 0. The summed E-state index contributed by atoms with van der Waals surface area (Å²) in [4.78, 5) is 50.7. The van der Waals surface area contributed by atoms with Crippen LogP contribution in [0.25, 0.3) is 33.2 Å². The summed E-state index contributed by atoms with van der Waals surface area (Å²) in [5.41, 5.74) is 0.0899. The molecule has 0 bridgehead atoms. The van der Waals surface area contributed by atoms with E-state index in [1.807, 2.05) is 0 Å². The molecule has 0 radical (unpaired) electrons. The van der Waals surface area contributed by atoms with E-state index >= 15 is 0 Å². The summed E-state index contributed by atoms with van der Waals surface area (Å²) in [6, 6.07) is 1.71. The largest absolute Gasteiger partial charge is 0.446 e. The third-order valence-electron chi connectivity index (χ3n) is 5.81. The SMILES string of the molecule is CCNC(=O)Nc1cc(-c2nc(C(F)(F)F)cs2)c(-c2cncc(-c3nn(C(=O)N4CCOCC4)c(=O)o3)c2)cn1. The van der Waals surface area contributed by atoms with Crippen LogP contribution in [-0.4, -0.2) is 74.5 Å². The highest BCUT2D eigenvalue weighted by Gasteiger charge is 2.34. The number of alkyl halides is 3. The van der Waals surface area contributed by atoms with Gasteiger partial charge in [-0.15, -0.1) is 21.1 Å². The van der Waals surface area contributed by atoms with Crippen LogP contribution in [0.1, 0.15) is 12.6 Å². The van der Waals surface area contributed by atoms with Crippen LogP contribution in [0.3, 0.4) is 0 Å². The van der Waals surface area contributed by atoms with E-state index in [4.69, 9.17) is 9.15 Å². The van der Waals surface area contributed by atoms with Crippen molar-refractivity contribution in [3.05, 3.63) is 52.3 Å². The van der Waals surface area contributed by atoms with Crippen molar-refractivity contribution in [1.82, 2.24) is 34.9 Å². The first-order valence-electron chi connectivity index (χ1n) is 12.1. The van der Waals surface area contributed by atoms with Gasteiger partial charge in [-0.25, -0.2) is 24.4 Å². The summed E-state index contributed by atoms with van der Waals surface area (Å²) in [5.74, 6) is -1.11. The number of hydrogen-bond acceptors (Lipinski definition) is 10. The normalized spacial score (nSPS) is 13.7. The maximum absolute atomic E-state index is 13.3. The lowest BCUT2D eigenvalue weighted by atomic mass is 10.0. The molecule has 41 heavy (non-hydrogen) atoms. The number of carbonyl (C=O) groups is 2. The maximum Gasteiger partial charge on any atom is 0.446 e. The number of hydrogen-bond donors (Lipinski definition) is 2. The second-order valence-corrected chi connectivity index (χ2v) is 9.42. The van der Waals surface area contributed by atoms with Gasteiger partial charge in [-0.1, -0.05) is 0 Å². The molecule has 1 aliphatic rings. The van der Waals surface area contributed by atoms with E-state index in [-0.39, 0.29) is 40.9 Å². The minimum Gasteiger partial charge on any atom is -0.387 e. The molecule has 214 valence electrons. The van der Waals surface area contributed by atoms with Crippen molar-refractivity contribution in [2.45, 2.75) is 13.1 Å². The molecule has 0 saturated carbocycles. The lowest BCUT2D eigenvalue weighted by Gasteiger charge is -2.25. The number of pyridine rings is 2. The smallest absolute Gasteiger partial charge is 0.387 e. The summed E-state index contributed by atoms with van der Waals surface area (Å²) < 4.78 is 51.0. The van der Waals surface area contributed by atoms with Gasteiger partial charge in [0.2, 0.25) is 0 Å². The molecular weight excluding hydrogens is 569 g/mol. The molecule has 2 N–H and O–H groups in total. The first kappa shape index (κ1) is 27.9. The van der Waals surface area contributed by atoms with E-state index in [0.717, 1.165) is 16.7 Å². The fourth-order valence-corrected chi connectivity index (χ4v) is 4.74. The number of urea groups is 1. The highest BCUT2D eigenvalue weighted by atomic mass is 32.1. The van der Waals surface area contributed by atoms with Gasteiger partial charge in [0, 0.05) is 60.3 Å². The van der Waals surface area contributed by atoms with Gasteiger partial charge in [0.15, 0.2) is 5.69 Å². The Morgan fingerprint density at radius 1 is 1.10 bits per heavy atom. The van der Waals surface area contributed by atoms with Crippen LogP contribution in [-0.2, 0) is 10.9 Å². The van der Waals surface area contributed by atoms with E-state index < -0.39 is 29.7 Å². The third-order valence-corrected chi connectivity index (χ3v) is 6.69. The van der Waals surface area contributed by atoms with Crippen LogP contribution in [0.15, 0.2) is 45.3 Å². The molecule has 3 amide bonds. The molecule has 13 nitrogen and oxygen atoms in total. The fourth-order valence-electron chi connectivity index (χ4n) is 3.89. The highest BCUT2D eigenvalue weighted by Crippen LogP contribution is 2.38. The number of ether oxygens (including phenoxy) is 1. The van der Waals surface area contributed by atoms with Crippen LogP contribution in [0.2, 0.25) is 0 Å². The van der Waals surface area contributed by atoms with Crippen molar-refractivity contribution in [3.63, 3.8) is 0 Å². The number of carbonyl (C=O) groups excluding carboxylic acids is 2. The highest BCUT2D eigenvalue weighted by molar-refractivity contribution is 7.13. The molecule has 5 heterocycles. The van der Waals surface area contributed by atoms with Crippen LogP contribution in [0.5, 0.6) is 0 Å². The second kappa shape index (κ2) is 11.5. The quantitative estimate of drug-likeness (QED) is 0.355. The number of thiazole rings is 1. The Hall–Kier alpha value is -4.64. The molecule has 0 aromatic carbocycles. The summed E-state index contributed by atoms with van der Waals surface area (Å²) in [6.45, 7) is 3.31. The van der Waals surface area contributed by atoms with Crippen LogP contribution in [0.4, 0.5) is 28.6 Å². The molecule has 0 atom stereocenters. The first-order valence-corrected chi connectivity index (χ1v) is 13.0. The predicted molar refractivity (Wildman–Crippen MR) is 139 cm³/mol. The van der Waals surface area contributed by atoms with Gasteiger partial charge in [0.05, 0.1) is 18.8 Å². The molecule has 5 rings (SSSR count). The van der Waals surface area contributed by atoms with Gasteiger partial charge in [-0.2, -0.15) is 13.2 Å². The standard InChI is InChI=1S/C24H21F3N8O5S/c1-2-29-21(36)32-18-8-15(20-31-17(12-41-20)24(25,26)27)16(11-30-18)13-7-14(10-28-9-13)19-33-35(23(38)40-19)22(37)34-3-5-39-6-4-34/h7-12H,2-6H2,1H3,(H2,29,30,32,36). The topological polar surface area (TPSA) is 157 Å². The zero-order valence-corrected chi connectivity index (χ0v) is 22.1. The van der Waals surface area contributed by atoms with Gasteiger partial charge < -0.3 is 19.4 Å². The van der Waals surface area contributed by atoms with E-state index in [0.29, 0.717) is 35.6 Å². The molecule has 1 fully saturated rings. The average Bonchev–Trinajstić information content (AvgIpc) is 3.61. The predicted octanol–water partition coefficient (Wildman–Crippen LogP) is 3.54.